The fourth-order valence-corrected chi connectivity index (χ4v) is 8.23. The number of carbonyl (C=O) groups is 1. The molecule has 0 aliphatic carbocycles. The van der Waals surface area contributed by atoms with Crippen molar-refractivity contribution in [3.8, 4) is 0 Å². The molecule has 0 saturated carbocycles. The fraction of sp³-hybridized carbons (Fsp3) is 0.441. The second kappa shape index (κ2) is 14.6. The van der Waals surface area contributed by atoms with Crippen molar-refractivity contribution in [2.75, 3.05) is 26.4 Å². The van der Waals surface area contributed by atoms with Crippen LogP contribution in [0.3, 0.4) is 0 Å². The third-order valence-corrected chi connectivity index (χ3v) is 10.9. The molecule has 0 aromatic heterocycles. The van der Waals surface area contributed by atoms with Crippen LogP contribution in [-0.2, 0) is 38.7 Å². The minimum Gasteiger partial charge on any atom is -0.462 e. The monoisotopic (exact) mass is 591 g/mol. The van der Waals surface area contributed by atoms with Crippen molar-refractivity contribution in [1.82, 2.24) is 5.06 Å². The van der Waals surface area contributed by atoms with Crippen molar-refractivity contribution in [1.29, 1.82) is 0 Å². The van der Waals surface area contributed by atoms with Gasteiger partial charge in [-0.15, -0.1) is 0 Å². The molecule has 1 fully saturated rings. The average molecular weight is 592 g/mol. The second-order valence-corrected chi connectivity index (χ2v) is 13.5. The van der Waals surface area contributed by atoms with Crippen LogP contribution in [-0.4, -0.2) is 46.3 Å². The fourth-order valence-electron chi connectivity index (χ4n) is 5.90. The number of carbonyl (C=O) groups excluding carboxylic acids is 1. The highest BCUT2D eigenvalue weighted by Crippen LogP contribution is 2.53. The van der Waals surface area contributed by atoms with E-state index in [0.717, 1.165) is 18.4 Å². The number of hydrogen-bond donors (Lipinski definition) is 0. The minimum atomic E-state index is -3.21. The van der Waals surface area contributed by atoms with Gasteiger partial charge in [-0.3, -0.25) is 9.63 Å². The number of benzene rings is 3. The van der Waals surface area contributed by atoms with Gasteiger partial charge in [0, 0.05) is 19.8 Å². The van der Waals surface area contributed by atoms with Crippen molar-refractivity contribution >= 4 is 14.8 Å². The van der Waals surface area contributed by atoms with Crippen molar-refractivity contribution in [2.45, 2.75) is 70.7 Å². The number of nitrogens with zero attached hydrogens (tertiary/aromatic N) is 1. The summed E-state index contributed by atoms with van der Waals surface area (Å²) >= 11 is 0. The van der Waals surface area contributed by atoms with Crippen LogP contribution in [0.25, 0.3) is 0 Å². The van der Waals surface area contributed by atoms with Crippen LogP contribution >= 0.6 is 0 Å². The van der Waals surface area contributed by atoms with E-state index in [2.05, 4.69) is 67.4 Å². The molecule has 3 atom stereocenters. The zero-order chi connectivity index (χ0) is 30.1. The molecule has 1 unspecified atom stereocenters. The van der Waals surface area contributed by atoms with Gasteiger partial charge < -0.3 is 18.0 Å². The van der Waals surface area contributed by atoms with E-state index in [-0.39, 0.29) is 12.7 Å². The SMILES string of the molecule is CCO[Si](CC(=O)OCC(ON1[C@](C)(c2ccccc2)CC[C@@]1(C)c1ccccc1)c1ccccc1)(OCC)OCC. The first-order chi connectivity index (χ1) is 20.3. The highest BCUT2D eigenvalue weighted by Gasteiger charge is 2.54. The minimum absolute atomic E-state index is 0.0317. The van der Waals surface area contributed by atoms with Gasteiger partial charge in [0.25, 0.3) is 0 Å². The van der Waals surface area contributed by atoms with E-state index < -0.39 is 32.0 Å². The van der Waals surface area contributed by atoms with Crippen molar-refractivity contribution in [2.24, 2.45) is 0 Å². The maximum Gasteiger partial charge on any atom is 0.512 e. The van der Waals surface area contributed by atoms with Crippen LogP contribution < -0.4 is 0 Å². The summed E-state index contributed by atoms with van der Waals surface area (Å²) in [6.45, 7) is 11.3. The maximum atomic E-state index is 13.3. The first-order valence-corrected chi connectivity index (χ1v) is 16.9. The predicted molar refractivity (Wildman–Crippen MR) is 165 cm³/mol. The third-order valence-electron chi connectivity index (χ3n) is 8.04. The van der Waals surface area contributed by atoms with E-state index in [1.54, 1.807) is 0 Å². The summed E-state index contributed by atoms with van der Waals surface area (Å²) in [4.78, 5) is 20.3. The number of rotatable bonds is 15. The molecule has 8 heteroatoms. The Bertz CT molecular complexity index is 1180. The number of hydroxylamine groups is 2. The van der Waals surface area contributed by atoms with Crippen LogP contribution in [0.15, 0.2) is 91.0 Å². The molecule has 1 aliphatic heterocycles. The van der Waals surface area contributed by atoms with E-state index in [1.165, 1.54) is 11.1 Å². The first-order valence-electron chi connectivity index (χ1n) is 15.0. The Morgan fingerprint density at radius 1 is 0.738 bits per heavy atom. The molecule has 0 amide bonds. The van der Waals surface area contributed by atoms with Gasteiger partial charge >= 0.3 is 14.8 Å². The lowest BCUT2D eigenvalue weighted by molar-refractivity contribution is -0.291. The molecular formula is C34H45NO6Si. The molecule has 7 nitrogen and oxygen atoms in total. The Balaban J connectivity index is 1.65. The standard InChI is InChI=1S/C34H45NO6Si/c1-6-38-42(39-7-2,40-8-3)27-32(36)37-26-31(28-18-12-9-13-19-28)41-35-33(4,29-20-14-10-15-21-29)24-25-34(35,5)30-22-16-11-17-23-30/h9-23,31H,6-8,24-27H2,1-5H3/t31?,33-,34-/m0/s1. The number of ether oxygens (including phenoxy) is 1. The average Bonchev–Trinajstić information content (AvgIpc) is 3.28. The van der Waals surface area contributed by atoms with Crippen LogP contribution in [0.4, 0.5) is 0 Å². The van der Waals surface area contributed by atoms with E-state index >= 15 is 0 Å². The summed E-state index contributed by atoms with van der Waals surface area (Å²) < 4.78 is 23.6. The molecule has 0 spiro atoms. The number of hydrogen-bond acceptors (Lipinski definition) is 7. The van der Waals surface area contributed by atoms with Crippen LogP contribution in [0.5, 0.6) is 0 Å². The molecule has 0 radical (unpaired) electrons. The molecular weight excluding hydrogens is 546 g/mol. The zero-order valence-electron chi connectivity index (χ0n) is 25.6. The van der Waals surface area contributed by atoms with E-state index in [1.807, 2.05) is 63.2 Å². The smallest absolute Gasteiger partial charge is 0.462 e. The van der Waals surface area contributed by atoms with E-state index in [9.17, 15) is 4.79 Å². The lowest BCUT2D eigenvalue weighted by Crippen LogP contribution is -2.49. The Labute approximate surface area is 252 Å². The molecule has 4 rings (SSSR count). The highest BCUT2D eigenvalue weighted by atomic mass is 28.4. The lowest BCUT2D eigenvalue weighted by Gasteiger charge is -2.45. The zero-order valence-corrected chi connectivity index (χ0v) is 26.6. The number of esters is 1. The van der Waals surface area contributed by atoms with E-state index in [0.29, 0.717) is 19.8 Å². The molecule has 42 heavy (non-hydrogen) atoms. The lowest BCUT2D eigenvalue weighted by atomic mass is 9.89. The van der Waals surface area contributed by atoms with Gasteiger partial charge in [-0.05, 0) is 64.2 Å². The molecule has 1 heterocycles. The van der Waals surface area contributed by atoms with E-state index in [4.69, 9.17) is 22.9 Å². The molecule has 0 N–H and O–H groups in total. The third kappa shape index (κ3) is 7.19. The van der Waals surface area contributed by atoms with Gasteiger partial charge in [-0.25, -0.2) is 0 Å². The van der Waals surface area contributed by atoms with Gasteiger partial charge in [0.2, 0.25) is 0 Å². The van der Waals surface area contributed by atoms with Gasteiger partial charge in [-0.2, -0.15) is 5.06 Å². The summed E-state index contributed by atoms with van der Waals surface area (Å²) in [5, 5.41) is 2.15. The van der Waals surface area contributed by atoms with Crippen molar-refractivity contribution in [3.05, 3.63) is 108 Å². The van der Waals surface area contributed by atoms with Crippen LogP contribution in [0.1, 0.15) is 70.3 Å². The molecule has 3 aromatic rings. The largest absolute Gasteiger partial charge is 0.512 e. The van der Waals surface area contributed by atoms with Crippen LogP contribution in [0.2, 0.25) is 6.04 Å². The van der Waals surface area contributed by atoms with Gasteiger partial charge in [0.15, 0.2) is 0 Å². The molecule has 1 saturated heterocycles. The summed E-state index contributed by atoms with van der Waals surface area (Å²) in [6.07, 6.45) is 1.26. The van der Waals surface area contributed by atoms with Crippen molar-refractivity contribution in [3.63, 3.8) is 0 Å². The first kappa shape index (κ1) is 32.1. The molecule has 0 bridgehead atoms. The maximum absolute atomic E-state index is 13.3. The highest BCUT2D eigenvalue weighted by molar-refractivity contribution is 6.64. The normalized spacial score (nSPS) is 21.7. The Hall–Kier alpha value is -2.85. The van der Waals surface area contributed by atoms with Crippen LogP contribution in [0, 0.1) is 0 Å². The Morgan fingerprint density at radius 3 is 1.60 bits per heavy atom. The van der Waals surface area contributed by atoms with Gasteiger partial charge in [0.1, 0.15) is 18.8 Å². The summed E-state index contributed by atoms with van der Waals surface area (Å²) in [6, 6.07) is 30.8. The Morgan fingerprint density at radius 2 is 1.17 bits per heavy atom. The van der Waals surface area contributed by atoms with Gasteiger partial charge in [-0.1, -0.05) is 91.0 Å². The second-order valence-electron chi connectivity index (χ2n) is 10.9. The molecule has 1 aliphatic rings. The van der Waals surface area contributed by atoms with Gasteiger partial charge in [0.05, 0.1) is 11.1 Å². The summed E-state index contributed by atoms with van der Waals surface area (Å²) in [5.41, 5.74) is 2.45. The topological polar surface area (TPSA) is 66.5 Å². The Kier molecular flexibility index (Phi) is 11.1. The predicted octanol–water partition coefficient (Wildman–Crippen LogP) is 7.18. The summed E-state index contributed by atoms with van der Waals surface area (Å²) in [7, 11) is -3.21. The van der Waals surface area contributed by atoms with Crippen molar-refractivity contribution < 1.29 is 27.6 Å². The molecule has 3 aromatic carbocycles. The molecule has 226 valence electrons. The quantitative estimate of drug-likeness (QED) is 0.137. The summed E-state index contributed by atoms with van der Waals surface area (Å²) in [5.74, 6) is -0.431.